The predicted molar refractivity (Wildman–Crippen MR) is 60.8 cm³/mol. The molecule has 0 aliphatic carbocycles. The lowest BCUT2D eigenvalue weighted by molar-refractivity contribution is 0.279. The van der Waals surface area contributed by atoms with Gasteiger partial charge in [-0.25, -0.2) is 0 Å². The molecule has 0 fully saturated rings. The van der Waals surface area contributed by atoms with E-state index in [1.54, 1.807) is 6.92 Å². The van der Waals surface area contributed by atoms with Gasteiger partial charge >= 0.3 is 6.01 Å². The van der Waals surface area contributed by atoms with Crippen LogP contribution in [0.15, 0.2) is 0 Å². The second kappa shape index (κ2) is 6.44. The van der Waals surface area contributed by atoms with Crippen molar-refractivity contribution in [1.29, 1.82) is 0 Å². The van der Waals surface area contributed by atoms with Crippen molar-refractivity contribution in [2.24, 2.45) is 0 Å². The molecule has 1 aromatic rings. The van der Waals surface area contributed by atoms with Gasteiger partial charge in [0.05, 0.1) is 13.2 Å². The molecule has 0 aliphatic heterocycles. The van der Waals surface area contributed by atoms with Crippen LogP contribution in [-0.4, -0.2) is 39.3 Å². The quantitative estimate of drug-likeness (QED) is 0.783. The maximum Gasteiger partial charge on any atom is 0.322 e. The molecule has 1 heterocycles. The molecule has 1 unspecified atom stereocenters. The van der Waals surface area contributed by atoms with E-state index < -0.39 is 0 Å². The van der Waals surface area contributed by atoms with Crippen LogP contribution < -0.4 is 10.1 Å². The Labute approximate surface area is 99.0 Å². The fourth-order valence-corrected chi connectivity index (χ4v) is 1.07. The van der Waals surface area contributed by atoms with Crippen molar-refractivity contribution in [1.82, 2.24) is 15.0 Å². The maximum absolute atomic E-state index is 8.88. The van der Waals surface area contributed by atoms with Gasteiger partial charge in [0.15, 0.2) is 0 Å². The smallest absolute Gasteiger partial charge is 0.322 e. The first-order chi connectivity index (χ1) is 7.65. The highest BCUT2D eigenvalue weighted by Gasteiger charge is 2.08. The van der Waals surface area contributed by atoms with E-state index in [4.69, 9.17) is 21.4 Å². The molecule has 0 aliphatic rings. The summed E-state index contributed by atoms with van der Waals surface area (Å²) in [6.45, 7) is 4.28. The molecular formula is C9H15ClN4O2. The number of rotatable bonds is 6. The summed E-state index contributed by atoms with van der Waals surface area (Å²) in [6, 6.07) is 0.0342. The van der Waals surface area contributed by atoms with Gasteiger partial charge in [0.2, 0.25) is 11.2 Å². The van der Waals surface area contributed by atoms with Gasteiger partial charge in [0, 0.05) is 6.04 Å². The third-order valence-electron chi connectivity index (χ3n) is 1.67. The Morgan fingerprint density at radius 3 is 2.81 bits per heavy atom. The number of aromatic nitrogens is 3. The Bertz CT molecular complexity index is 337. The van der Waals surface area contributed by atoms with Crippen LogP contribution in [0, 0.1) is 0 Å². The molecule has 1 atom stereocenters. The van der Waals surface area contributed by atoms with E-state index in [2.05, 4.69) is 20.3 Å². The van der Waals surface area contributed by atoms with Gasteiger partial charge in [0.25, 0.3) is 0 Å². The molecule has 1 aromatic heterocycles. The highest BCUT2D eigenvalue weighted by molar-refractivity contribution is 6.28. The van der Waals surface area contributed by atoms with Crippen LogP contribution in [0.25, 0.3) is 0 Å². The fourth-order valence-electron chi connectivity index (χ4n) is 0.920. The second-order valence-electron chi connectivity index (χ2n) is 3.29. The molecule has 0 saturated carbocycles. The summed E-state index contributed by atoms with van der Waals surface area (Å²) in [5, 5.41) is 11.8. The first-order valence-corrected chi connectivity index (χ1v) is 5.45. The van der Waals surface area contributed by atoms with E-state index in [1.807, 2.05) is 6.92 Å². The molecule has 0 aromatic carbocycles. The molecule has 1 rings (SSSR count). The van der Waals surface area contributed by atoms with Crippen LogP contribution in [0.1, 0.15) is 20.3 Å². The van der Waals surface area contributed by atoms with Crippen molar-refractivity contribution < 1.29 is 9.84 Å². The summed E-state index contributed by atoms with van der Waals surface area (Å²) < 4.78 is 5.24. The average molecular weight is 247 g/mol. The zero-order valence-corrected chi connectivity index (χ0v) is 10.0. The van der Waals surface area contributed by atoms with E-state index >= 15 is 0 Å². The third kappa shape index (κ3) is 4.16. The molecule has 90 valence electrons. The minimum atomic E-state index is -0.155. The number of hydrogen-bond acceptors (Lipinski definition) is 6. The molecule has 0 spiro atoms. The third-order valence-corrected chi connectivity index (χ3v) is 1.84. The van der Waals surface area contributed by atoms with Gasteiger partial charge < -0.3 is 15.2 Å². The summed E-state index contributed by atoms with van der Waals surface area (Å²) in [5.74, 6) is 0.299. The average Bonchev–Trinajstić information content (AvgIpc) is 2.25. The van der Waals surface area contributed by atoms with Crippen LogP contribution in [0.2, 0.25) is 5.28 Å². The van der Waals surface area contributed by atoms with Gasteiger partial charge in [-0.1, -0.05) is 6.92 Å². The molecule has 16 heavy (non-hydrogen) atoms. The Morgan fingerprint density at radius 2 is 2.19 bits per heavy atom. The summed E-state index contributed by atoms with van der Waals surface area (Å²) in [4.78, 5) is 11.7. The molecule has 0 amide bonds. The van der Waals surface area contributed by atoms with Gasteiger partial charge in [-0.05, 0) is 24.9 Å². The minimum absolute atomic E-state index is 0.0194. The Hall–Kier alpha value is -1.14. The van der Waals surface area contributed by atoms with E-state index in [-0.39, 0.29) is 23.9 Å². The van der Waals surface area contributed by atoms with Crippen LogP contribution >= 0.6 is 11.6 Å². The zero-order chi connectivity index (χ0) is 12.0. The summed E-state index contributed by atoms with van der Waals surface area (Å²) in [6.07, 6.45) is 0.860. The normalized spacial score (nSPS) is 12.2. The summed E-state index contributed by atoms with van der Waals surface area (Å²) in [7, 11) is 0. The number of anilines is 1. The predicted octanol–water partition coefficient (Wildman–Crippen LogP) is 1.11. The molecule has 2 N–H and O–H groups in total. The number of hydrogen-bond donors (Lipinski definition) is 2. The zero-order valence-electron chi connectivity index (χ0n) is 9.27. The SMILES string of the molecule is CCCOc1nc(Cl)nc(NC(C)CO)n1. The second-order valence-corrected chi connectivity index (χ2v) is 3.63. The lowest BCUT2D eigenvalue weighted by Crippen LogP contribution is -2.21. The number of halogens is 1. The summed E-state index contributed by atoms with van der Waals surface area (Å²) in [5.41, 5.74) is 0. The number of ether oxygens (including phenoxy) is 1. The van der Waals surface area contributed by atoms with Crippen molar-refractivity contribution in [2.75, 3.05) is 18.5 Å². The van der Waals surface area contributed by atoms with E-state index in [1.165, 1.54) is 0 Å². The van der Waals surface area contributed by atoms with Crippen molar-refractivity contribution >= 4 is 17.5 Å². The Morgan fingerprint density at radius 1 is 1.44 bits per heavy atom. The largest absolute Gasteiger partial charge is 0.463 e. The van der Waals surface area contributed by atoms with Crippen molar-refractivity contribution in [3.05, 3.63) is 5.28 Å². The number of nitrogens with zero attached hydrogens (tertiary/aromatic N) is 3. The molecule has 7 heteroatoms. The van der Waals surface area contributed by atoms with Crippen LogP contribution in [0.5, 0.6) is 6.01 Å². The highest BCUT2D eigenvalue weighted by atomic mass is 35.5. The summed E-state index contributed by atoms with van der Waals surface area (Å²) >= 11 is 5.71. The van der Waals surface area contributed by atoms with Gasteiger partial charge in [0.1, 0.15) is 0 Å². The Kier molecular flexibility index (Phi) is 5.21. The van der Waals surface area contributed by atoms with Gasteiger partial charge in [-0.15, -0.1) is 0 Å². The highest BCUT2D eigenvalue weighted by Crippen LogP contribution is 2.12. The van der Waals surface area contributed by atoms with E-state index in [0.717, 1.165) is 6.42 Å². The van der Waals surface area contributed by atoms with E-state index in [9.17, 15) is 0 Å². The van der Waals surface area contributed by atoms with Crippen molar-refractivity contribution in [3.63, 3.8) is 0 Å². The lowest BCUT2D eigenvalue weighted by Gasteiger charge is -2.11. The van der Waals surface area contributed by atoms with Crippen LogP contribution in [0.3, 0.4) is 0 Å². The monoisotopic (exact) mass is 246 g/mol. The van der Waals surface area contributed by atoms with E-state index in [0.29, 0.717) is 12.6 Å². The first-order valence-electron chi connectivity index (χ1n) is 5.07. The standard InChI is InChI=1S/C9H15ClN4O2/c1-3-4-16-9-13-7(10)12-8(14-9)11-6(2)5-15/h6,15H,3-5H2,1-2H3,(H,11,12,13,14). The lowest BCUT2D eigenvalue weighted by atomic mass is 10.4. The molecule has 6 nitrogen and oxygen atoms in total. The molecule has 0 bridgehead atoms. The van der Waals surface area contributed by atoms with Crippen LogP contribution in [0.4, 0.5) is 5.95 Å². The molecular weight excluding hydrogens is 232 g/mol. The molecule has 0 saturated heterocycles. The number of nitrogens with one attached hydrogen (secondary N) is 1. The van der Waals surface area contributed by atoms with Crippen molar-refractivity contribution in [3.8, 4) is 6.01 Å². The number of aliphatic hydroxyl groups excluding tert-OH is 1. The fraction of sp³-hybridized carbons (Fsp3) is 0.667. The first kappa shape index (κ1) is 12.9. The van der Waals surface area contributed by atoms with Gasteiger partial charge in [-0.2, -0.15) is 15.0 Å². The minimum Gasteiger partial charge on any atom is -0.463 e. The topological polar surface area (TPSA) is 80.2 Å². The Balaban J connectivity index is 2.73. The number of aliphatic hydroxyl groups is 1. The van der Waals surface area contributed by atoms with Crippen LogP contribution in [-0.2, 0) is 0 Å². The van der Waals surface area contributed by atoms with Gasteiger partial charge in [-0.3, -0.25) is 0 Å². The molecule has 0 radical (unpaired) electrons. The van der Waals surface area contributed by atoms with Crippen molar-refractivity contribution in [2.45, 2.75) is 26.3 Å². The maximum atomic E-state index is 8.88.